The van der Waals surface area contributed by atoms with Gasteiger partial charge in [0.25, 0.3) is 0 Å². The molecule has 0 aromatic carbocycles. The fourth-order valence-electron chi connectivity index (χ4n) is 0. The number of nitrogens with two attached hydrogens (primary N) is 1. The summed E-state index contributed by atoms with van der Waals surface area (Å²) >= 11 is 0. The Bertz CT molecular complexity index is 383. The molecular weight excluding hydrogens is 308 g/mol. The number of hydrogen-bond acceptors (Lipinski definition) is 4. The van der Waals surface area contributed by atoms with Crippen molar-refractivity contribution in [1.29, 1.82) is 0 Å². The maximum atomic E-state index is 10.8. The molecule has 0 aromatic rings. The van der Waals surface area contributed by atoms with Gasteiger partial charge >= 0.3 is 58.8 Å². The minimum atomic E-state index is -5.59. The molecule has 0 aliphatic rings. The van der Waals surface area contributed by atoms with Crippen molar-refractivity contribution in [3.63, 3.8) is 0 Å². The van der Waals surface area contributed by atoms with Gasteiger partial charge in [-0.3, -0.25) is 0 Å². The molecule has 0 amide bonds. The summed E-state index contributed by atoms with van der Waals surface area (Å²) in [5, 5.41) is 9.09. The molecule has 0 spiro atoms. The van der Waals surface area contributed by atoms with E-state index in [9.17, 15) is 43.2 Å². The molecule has 0 aliphatic carbocycles. The third-order valence-electron chi connectivity index (χ3n) is 0.627. The largest absolute Gasteiger partial charge is 0.556 e. The number of alkyl halides is 6. The van der Waals surface area contributed by atoms with Crippen LogP contribution in [0.1, 0.15) is 0 Å². The van der Waals surface area contributed by atoms with E-state index in [1.165, 1.54) is 0 Å². The van der Waals surface area contributed by atoms with Crippen LogP contribution in [0.15, 0.2) is 0 Å². The Morgan fingerprint density at radius 3 is 0.944 bits per heavy atom. The van der Waals surface area contributed by atoms with Crippen molar-refractivity contribution in [2.24, 2.45) is 5.14 Å². The zero-order chi connectivity index (χ0) is 14.0. The summed E-state index contributed by atoms with van der Waals surface area (Å²) in [5.41, 5.74) is -10.7. The zero-order valence-corrected chi connectivity index (χ0v) is 9.43. The molecular formula is C2H4F6Li2N2O4S2. The second-order valence-electron chi connectivity index (χ2n) is 1.94. The van der Waals surface area contributed by atoms with E-state index in [2.05, 4.69) is 5.14 Å². The van der Waals surface area contributed by atoms with Gasteiger partial charge in [-0.15, -0.1) is 0 Å². The summed E-state index contributed by atoms with van der Waals surface area (Å²) in [6.45, 7) is 0. The number of halogens is 6. The minimum Gasteiger partial charge on any atom is -0.556 e. The first-order valence-corrected chi connectivity index (χ1v) is 5.68. The predicted octanol–water partition coefficient (Wildman–Crippen LogP) is -2.96. The maximum absolute atomic E-state index is 10.8. The molecule has 0 unspecified atom stereocenters. The van der Waals surface area contributed by atoms with E-state index in [4.69, 9.17) is 5.14 Å². The first-order chi connectivity index (χ1) is 6.50. The van der Waals surface area contributed by atoms with Crippen LogP contribution in [0.4, 0.5) is 26.3 Å². The molecule has 16 heteroatoms. The van der Waals surface area contributed by atoms with E-state index in [0.29, 0.717) is 0 Å². The van der Waals surface area contributed by atoms with Crippen LogP contribution in [0, 0.1) is 0 Å². The van der Waals surface area contributed by atoms with Gasteiger partial charge in [-0.2, -0.15) is 26.3 Å². The van der Waals surface area contributed by atoms with Crippen LogP contribution in [-0.2, 0) is 20.0 Å². The van der Waals surface area contributed by atoms with Gasteiger partial charge in [0, 0.05) is 0 Å². The molecule has 102 valence electrons. The number of hydrogen-bond donors (Lipinski definition) is 1. The van der Waals surface area contributed by atoms with Crippen LogP contribution in [0.25, 0.3) is 5.14 Å². The summed E-state index contributed by atoms with van der Waals surface area (Å²) in [7, 11) is -10.9. The van der Waals surface area contributed by atoms with Gasteiger partial charge in [0.2, 0.25) is 0 Å². The molecule has 0 atom stereocenters. The Balaban J connectivity index is -0.0000000980. The molecule has 0 saturated carbocycles. The third kappa shape index (κ3) is 11.7. The van der Waals surface area contributed by atoms with Gasteiger partial charge in [0.15, 0.2) is 10.0 Å². The van der Waals surface area contributed by atoms with Crippen molar-refractivity contribution in [1.82, 2.24) is 0 Å². The monoisotopic (exact) mass is 312 g/mol. The van der Waals surface area contributed by atoms with Crippen molar-refractivity contribution in [3.8, 4) is 0 Å². The molecule has 0 saturated heterocycles. The minimum absolute atomic E-state index is 0. The normalized spacial score (nSPS) is 12.4. The van der Waals surface area contributed by atoms with Crippen LogP contribution in [0.3, 0.4) is 0 Å². The Morgan fingerprint density at radius 2 is 0.944 bits per heavy atom. The van der Waals surface area contributed by atoms with Crippen LogP contribution in [0.5, 0.6) is 0 Å². The average molecular weight is 312 g/mol. The quantitative estimate of drug-likeness (QED) is 0.380. The second kappa shape index (κ2) is 8.01. The SMILES string of the molecule is NS(=O)(=O)C(F)(F)F.[Li+].[LiH].[NH-]S(=O)(=O)C(F)(F)F. The standard InChI is InChI=1S/CH2F3NO2S.CHF3NO2S.2Li.H/c2*2-1(3,4)8(5,6)7;;;/h(H2,5,6,7);(H-,5,6,7);;;/q;-1;;+1;. The Kier molecular flexibility index (Phi) is 12.0. The van der Waals surface area contributed by atoms with Crippen molar-refractivity contribution < 1.29 is 62.0 Å². The fourth-order valence-corrected chi connectivity index (χ4v) is 0. The Labute approximate surface area is 122 Å². The number of primary sulfonamides is 1. The summed E-state index contributed by atoms with van der Waals surface area (Å²) in [6.07, 6.45) is 0. The number of rotatable bonds is 0. The van der Waals surface area contributed by atoms with E-state index >= 15 is 0 Å². The molecule has 0 aromatic heterocycles. The molecule has 0 radical (unpaired) electrons. The number of sulfonamides is 2. The van der Waals surface area contributed by atoms with Crippen molar-refractivity contribution in [2.75, 3.05) is 0 Å². The Morgan fingerprint density at radius 1 is 0.833 bits per heavy atom. The molecule has 6 nitrogen and oxygen atoms in total. The van der Waals surface area contributed by atoms with Gasteiger partial charge in [0.1, 0.15) is 0 Å². The first kappa shape index (κ1) is 27.0. The Hall–Kier alpha value is 0.595. The molecule has 0 rings (SSSR count). The first-order valence-electron chi connectivity index (χ1n) is 2.65. The maximum Gasteiger partial charge on any atom is 0.479 e. The summed E-state index contributed by atoms with van der Waals surface area (Å²) in [4.78, 5) is 0. The topological polar surface area (TPSA) is 118 Å². The van der Waals surface area contributed by atoms with Crippen molar-refractivity contribution in [2.45, 2.75) is 11.0 Å². The molecule has 18 heavy (non-hydrogen) atoms. The van der Waals surface area contributed by atoms with Gasteiger partial charge in [-0.25, -0.2) is 22.0 Å². The molecule has 0 heterocycles. The van der Waals surface area contributed by atoms with E-state index in [-0.39, 0.29) is 37.7 Å². The average Bonchev–Trinajstić information content (AvgIpc) is 1.77. The predicted molar refractivity (Wildman–Crippen MR) is 45.6 cm³/mol. The van der Waals surface area contributed by atoms with Crippen LogP contribution in [-0.4, -0.2) is 46.7 Å². The third-order valence-corrected chi connectivity index (χ3v) is 1.88. The summed E-state index contributed by atoms with van der Waals surface area (Å²) < 4.78 is 102. The second-order valence-corrected chi connectivity index (χ2v) is 4.96. The van der Waals surface area contributed by atoms with E-state index < -0.39 is 31.1 Å². The zero-order valence-electron chi connectivity index (χ0n) is 7.79. The van der Waals surface area contributed by atoms with Crippen LogP contribution >= 0.6 is 0 Å². The van der Waals surface area contributed by atoms with Crippen molar-refractivity contribution >= 4 is 38.9 Å². The van der Waals surface area contributed by atoms with Crippen LogP contribution in [0.2, 0.25) is 0 Å². The van der Waals surface area contributed by atoms with Gasteiger partial charge in [0.05, 0.1) is 0 Å². The van der Waals surface area contributed by atoms with Crippen molar-refractivity contribution in [3.05, 3.63) is 5.14 Å². The summed E-state index contributed by atoms with van der Waals surface area (Å²) in [5.74, 6) is 0. The molecule has 0 bridgehead atoms. The number of nitrogens with one attached hydrogen (secondary N) is 1. The molecule has 3 N–H and O–H groups in total. The van der Waals surface area contributed by atoms with Gasteiger partial charge in [-0.1, -0.05) is 0 Å². The van der Waals surface area contributed by atoms with E-state index in [1.54, 1.807) is 0 Å². The van der Waals surface area contributed by atoms with Gasteiger partial charge in [-0.05, 0) is 0 Å². The fraction of sp³-hybridized carbons (Fsp3) is 1.00. The van der Waals surface area contributed by atoms with Gasteiger partial charge < -0.3 is 5.14 Å². The van der Waals surface area contributed by atoms with E-state index in [1.807, 2.05) is 0 Å². The molecule has 0 aliphatic heterocycles. The van der Waals surface area contributed by atoms with Crippen LogP contribution < -0.4 is 24.0 Å². The molecule has 0 fully saturated rings. The smallest absolute Gasteiger partial charge is 0.479 e. The van der Waals surface area contributed by atoms with E-state index in [0.717, 1.165) is 0 Å². The summed E-state index contributed by atoms with van der Waals surface area (Å²) in [6, 6.07) is 0.